The van der Waals surface area contributed by atoms with Crippen LogP contribution in [0.3, 0.4) is 0 Å². The molecule has 1 aliphatic heterocycles. The maximum absolute atomic E-state index is 12.7. The molecule has 1 amide bonds. The molecule has 2 aromatic rings. The summed E-state index contributed by atoms with van der Waals surface area (Å²) in [5.74, 6) is 0.0351. The average Bonchev–Trinajstić information content (AvgIpc) is 2.77. The third kappa shape index (κ3) is 2.52. The van der Waals surface area contributed by atoms with E-state index in [-0.39, 0.29) is 5.91 Å². The van der Waals surface area contributed by atoms with Gasteiger partial charge in [0, 0.05) is 22.4 Å². The maximum Gasteiger partial charge on any atom is 0.268 e. The van der Waals surface area contributed by atoms with Gasteiger partial charge in [0.2, 0.25) is 0 Å². The van der Waals surface area contributed by atoms with Crippen LogP contribution in [0.15, 0.2) is 32.5 Å². The number of rotatable bonds is 1. The Balaban J connectivity index is 1.99. The van der Waals surface area contributed by atoms with E-state index in [0.29, 0.717) is 5.69 Å². The van der Waals surface area contributed by atoms with Gasteiger partial charge in [-0.1, -0.05) is 6.07 Å². The topological polar surface area (TPSA) is 46.3 Å². The molecule has 3 rings (SSSR count). The molecule has 0 atom stereocenters. The number of nitrogen functional groups attached to an aromatic ring is 1. The van der Waals surface area contributed by atoms with E-state index in [4.69, 9.17) is 5.73 Å². The van der Waals surface area contributed by atoms with Crippen molar-refractivity contribution in [2.45, 2.75) is 12.8 Å². The van der Waals surface area contributed by atoms with Crippen molar-refractivity contribution in [1.82, 2.24) is 0 Å². The number of thiophene rings is 1. The van der Waals surface area contributed by atoms with Gasteiger partial charge in [-0.15, -0.1) is 11.3 Å². The number of fused-ring (bicyclic) bond motifs is 1. The van der Waals surface area contributed by atoms with Crippen LogP contribution in [0, 0.1) is 0 Å². The molecule has 1 aliphatic rings. The van der Waals surface area contributed by atoms with Gasteiger partial charge in [-0.3, -0.25) is 4.79 Å². The summed E-state index contributed by atoms with van der Waals surface area (Å²) in [4.78, 5) is 15.2. The molecule has 0 bridgehead atoms. The normalized spacial score (nSPS) is 14.2. The second-order valence-corrected chi connectivity index (χ2v) is 7.91. The molecule has 0 fully saturated rings. The molecule has 0 radical (unpaired) electrons. The summed E-state index contributed by atoms with van der Waals surface area (Å²) in [7, 11) is 0. The van der Waals surface area contributed by atoms with E-state index in [1.165, 1.54) is 16.9 Å². The molecular weight excluding hydrogens is 404 g/mol. The number of benzene rings is 1. The van der Waals surface area contributed by atoms with Crippen molar-refractivity contribution in [1.29, 1.82) is 0 Å². The number of hydrogen-bond donors (Lipinski definition) is 1. The van der Waals surface area contributed by atoms with Crippen LogP contribution in [0.2, 0.25) is 0 Å². The average molecular weight is 416 g/mol. The van der Waals surface area contributed by atoms with Crippen molar-refractivity contribution in [2.24, 2.45) is 0 Å². The summed E-state index contributed by atoms with van der Waals surface area (Å²) >= 11 is 8.30. The first kappa shape index (κ1) is 14.1. The fourth-order valence-electron chi connectivity index (χ4n) is 2.39. The Morgan fingerprint density at radius 1 is 1.30 bits per heavy atom. The maximum atomic E-state index is 12.7. The number of carbonyl (C=O) groups is 1. The van der Waals surface area contributed by atoms with Crippen molar-refractivity contribution in [2.75, 3.05) is 17.2 Å². The van der Waals surface area contributed by atoms with Gasteiger partial charge in [-0.05, 0) is 68.5 Å². The molecule has 0 spiro atoms. The van der Waals surface area contributed by atoms with E-state index in [1.54, 1.807) is 0 Å². The summed E-state index contributed by atoms with van der Waals surface area (Å²) in [6.45, 7) is 0.739. The highest BCUT2D eigenvalue weighted by Crippen LogP contribution is 2.35. The third-order valence-electron chi connectivity index (χ3n) is 3.33. The van der Waals surface area contributed by atoms with Crippen LogP contribution in [0.4, 0.5) is 11.4 Å². The Morgan fingerprint density at radius 3 is 2.80 bits per heavy atom. The molecule has 3 nitrogen and oxygen atoms in total. The van der Waals surface area contributed by atoms with E-state index in [0.717, 1.165) is 38.2 Å². The lowest BCUT2D eigenvalue weighted by atomic mass is 10.0. The standard InChI is InChI=1S/C14H12Br2N2OS/c15-10-7-12(20-13(10)16)14(19)18-5-1-2-8-3-4-9(17)6-11(8)18/h3-4,6-7H,1-2,5,17H2. The SMILES string of the molecule is Nc1ccc2c(c1)N(C(=O)c1cc(Br)c(Br)s1)CCC2. The van der Waals surface area contributed by atoms with E-state index >= 15 is 0 Å². The van der Waals surface area contributed by atoms with Gasteiger partial charge >= 0.3 is 0 Å². The predicted octanol–water partition coefficient (Wildman–Crippen LogP) is 4.45. The zero-order valence-corrected chi connectivity index (χ0v) is 14.5. The number of nitrogens with zero attached hydrogens (tertiary/aromatic N) is 1. The Kier molecular flexibility index (Phi) is 3.88. The number of carbonyl (C=O) groups excluding carboxylic acids is 1. The van der Waals surface area contributed by atoms with Crippen LogP contribution in [-0.2, 0) is 6.42 Å². The molecule has 2 N–H and O–H groups in total. The number of nitrogens with two attached hydrogens (primary N) is 1. The minimum absolute atomic E-state index is 0.0351. The summed E-state index contributed by atoms with van der Waals surface area (Å²) in [6, 6.07) is 7.66. The second kappa shape index (κ2) is 5.50. The molecule has 0 unspecified atom stereocenters. The lowest BCUT2D eigenvalue weighted by molar-refractivity contribution is 0.0989. The van der Waals surface area contributed by atoms with E-state index < -0.39 is 0 Å². The number of anilines is 2. The van der Waals surface area contributed by atoms with Gasteiger partial charge in [0.1, 0.15) is 0 Å². The zero-order valence-electron chi connectivity index (χ0n) is 10.5. The molecule has 1 aromatic heterocycles. The minimum atomic E-state index is 0.0351. The molecule has 2 heterocycles. The fraction of sp³-hybridized carbons (Fsp3) is 0.214. The number of hydrogen-bond acceptors (Lipinski definition) is 3. The van der Waals surface area contributed by atoms with Crippen LogP contribution >= 0.6 is 43.2 Å². The Morgan fingerprint density at radius 2 is 2.10 bits per heavy atom. The van der Waals surface area contributed by atoms with Crippen molar-refractivity contribution in [3.8, 4) is 0 Å². The van der Waals surface area contributed by atoms with Crippen LogP contribution in [-0.4, -0.2) is 12.5 Å². The fourth-order valence-corrected chi connectivity index (χ4v) is 4.37. The summed E-state index contributed by atoms with van der Waals surface area (Å²) in [5, 5.41) is 0. The van der Waals surface area contributed by atoms with Gasteiger partial charge in [0.05, 0.1) is 8.66 Å². The smallest absolute Gasteiger partial charge is 0.268 e. The van der Waals surface area contributed by atoms with Crippen molar-refractivity contribution < 1.29 is 4.79 Å². The Labute approximate surface area is 138 Å². The van der Waals surface area contributed by atoms with Crippen LogP contribution in [0.5, 0.6) is 0 Å². The van der Waals surface area contributed by atoms with Crippen LogP contribution < -0.4 is 10.6 Å². The first-order valence-electron chi connectivity index (χ1n) is 6.21. The molecule has 0 aliphatic carbocycles. The summed E-state index contributed by atoms with van der Waals surface area (Å²) in [5.41, 5.74) is 8.69. The van der Waals surface area contributed by atoms with E-state index in [2.05, 4.69) is 31.9 Å². The van der Waals surface area contributed by atoms with Gasteiger partial charge in [0.15, 0.2) is 0 Å². The van der Waals surface area contributed by atoms with Gasteiger partial charge < -0.3 is 10.6 Å². The Bertz CT molecular complexity index is 664. The quantitative estimate of drug-likeness (QED) is 0.699. The summed E-state index contributed by atoms with van der Waals surface area (Å²) < 4.78 is 1.85. The Hall–Kier alpha value is -0.850. The van der Waals surface area contributed by atoms with E-state index in [1.807, 2.05) is 29.2 Å². The summed E-state index contributed by atoms with van der Waals surface area (Å²) in [6.07, 6.45) is 1.98. The van der Waals surface area contributed by atoms with Gasteiger partial charge in [-0.25, -0.2) is 0 Å². The number of aryl methyl sites for hydroxylation is 1. The highest BCUT2D eigenvalue weighted by Gasteiger charge is 2.25. The van der Waals surface area contributed by atoms with Gasteiger partial charge in [-0.2, -0.15) is 0 Å². The highest BCUT2D eigenvalue weighted by atomic mass is 79.9. The van der Waals surface area contributed by atoms with Crippen LogP contribution in [0.1, 0.15) is 21.7 Å². The number of amides is 1. The minimum Gasteiger partial charge on any atom is -0.399 e. The lowest BCUT2D eigenvalue weighted by Gasteiger charge is -2.29. The molecule has 104 valence electrons. The molecule has 20 heavy (non-hydrogen) atoms. The lowest BCUT2D eigenvalue weighted by Crippen LogP contribution is -2.35. The van der Waals surface area contributed by atoms with Crippen molar-refractivity contribution >= 4 is 60.5 Å². The zero-order chi connectivity index (χ0) is 14.3. The molecule has 6 heteroatoms. The van der Waals surface area contributed by atoms with E-state index in [9.17, 15) is 4.79 Å². The highest BCUT2D eigenvalue weighted by molar-refractivity contribution is 9.13. The van der Waals surface area contributed by atoms with Crippen molar-refractivity contribution in [3.63, 3.8) is 0 Å². The number of halogens is 2. The molecular formula is C14H12Br2N2OS. The monoisotopic (exact) mass is 414 g/mol. The third-order valence-corrected chi connectivity index (χ3v) is 6.57. The molecule has 1 aromatic carbocycles. The second-order valence-electron chi connectivity index (χ2n) is 4.68. The molecule has 0 saturated carbocycles. The van der Waals surface area contributed by atoms with Crippen molar-refractivity contribution in [3.05, 3.63) is 43.0 Å². The van der Waals surface area contributed by atoms with Crippen LogP contribution in [0.25, 0.3) is 0 Å². The van der Waals surface area contributed by atoms with Gasteiger partial charge in [0.25, 0.3) is 5.91 Å². The first-order valence-corrected chi connectivity index (χ1v) is 8.61. The first-order chi connectivity index (χ1) is 9.56. The molecule has 0 saturated heterocycles. The largest absolute Gasteiger partial charge is 0.399 e. The predicted molar refractivity (Wildman–Crippen MR) is 90.6 cm³/mol.